The van der Waals surface area contributed by atoms with Gasteiger partial charge in [-0.2, -0.15) is 0 Å². The molecular weight excluding hydrogens is 268 g/mol. The first kappa shape index (κ1) is 16.6. The third kappa shape index (κ3) is 4.91. The first-order valence-electron chi connectivity index (χ1n) is 8.59. The fourth-order valence-electron chi connectivity index (χ4n) is 2.91. The predicted molar refractivity (Wildman–Crippen MR) is 95.4 cm³/mol. The summed E-state index contributed by atoms with van der Waals surface area (Å²) >= 11 is 0. The van der Waals surface area contributed by atoms with Gasteiger partial charge < -0.3 is 5.11 Å². The Morgan fingerprint density at radius 3 is 2.09 bits per heavy atom. The number of hydrogen-bond donors (Lipinski definition) is 1. The van der Waals surface area contributed by atoms with Crippen LogP contribution in [-0.4, -0.2) is 5.11 Å². The van der Waals surface area contributed by atoms with Crippen LogP contribution in [0.1, 0.15) is 56.6 Å². The minimum absolute atomic E-state index is 0.320. The monoisotopic (exact) mass is 296 g/mol. The summed E-state index contributed by atoms with van der Waals surface area (Å²) in [7, 11) is 0. The number of rotatable bonds is 8. The van der Waals surface area contributed by atoms with Crippen LogP contribution in [0, 0.1) is 6.92 Å². The lowest BCUT2D eigenvalue weighted by Gasteiger charge is -2.09. The summed E-state index contributed by atoms with van der Waals surface area (Å²) in [6, 6.07) is 14.2. The van der Waals surface area contributed by atoms with E-state index >= 15 is 0 Å². The van der Waals surface area contributed by atoms with E-state index in [1.165, 1.54) is 61.6 Å². The van der Waals surface area contributed by atoms with Crippen LogP contribution in [0.4, 0.5) is 0 Å². The molecule has 0 aliphatic heterocycles. The number of phenols is 1. The first-order chi connectivity index (χ1) is 10.7. The molecule has 0 spiro atoms. The molecule has 2 aromatic rings. The van der Waals surface area contributed by atoms with Crippen LogP contribution >= 0.6 is 0 Å². The van der Waals surface area contributed by atoms with E-state index in [1.54, 1.807) is 12.1 Å². The minimum Gasteiger partial charge on any atom is -0.508 e. The lowest BCUT2D eigenvalue weighted by molar-refractivity contribution is 0.475. The van der Waals surface area contributed by atoms with E-state index in [2.05, 4.69) is 32.0 Å². The summed E-state index contributed by atoms with van der Waals surface area (Å²) in [6.07, 6.45) is 9.28. The molecule has 0 radical (unpaired) electrons. The van der Waals surface area contributed by atoms with Gasteiger partial charge in [-0.1, -0.05) is 69.4 Å². The van der Waals surface area contributed by atoms with Crippen molar-refractivity contribution in [3.05, 3.63) is 53.6 Å². The van der Waals surface area contributed by atoms with Crippen molar-refractivity contribution in [2.45, 2.75) is 58.8 Å². The van der Waals surface area contributed by atoms with E-state index in [0.717, 1.165) is 5.56 Å². The Balaban J connectivity index is 1.91. The molecule has 0 unspecified atom stereocenters. The smallest absolute Gasteiger partial charge is 0.115 e. The quantitative estimate of drug-likeness (QED) is 0.569. The molecule has 0 heterocycles. The second-order valence-corrected chi connectivity index (χ2v) is 6.21. The lowest BCUT2D eigenvalue weighted by atomic mass is 9.96. The minimum atomic E-state index is 0.320. The molecule has 0 bridgehead atoms. The highest BCUT2D eigenvalue weighted by atomic mass is 16.3. The van der Waals surface area contributed by atoms with Gasteiger partial charge in [0.1, 0.15) is 5.75 Å². The molecule has 1 N–H and O–H groups in total. The number of aryl methyl sites for hydroxylation is 2. The van der Waals surface area contributed by atoms with Gasteiger partial charge in [0.05, 0.1) is 0 Å². The van der Waals surface area contributed by atoms with Gasteiger partial charge in [-0.25, -0.2) is 0 Å². The van der Waals surface area contributed by atoms with Crippen LogP contribution in [0.5, 0.6) is 5.75 Å². The van der Waals surface area contributed by atoms with E-state index in [4.69, 9.17) is 0 Å². The molecule has 22 heavy (non-hydrogen) atoms. The third-order valence-corrected chi connectivity index (χ3v) is 4.34. The van der Waals surface area contributed by atoms with Gasteiger partial charge in [0.25, 0.3) is 0 Å². The predicted octanol–water partition coefficient (Wildman–Crippen LogP) is 6.27. The van der Waals surface area contributed by atoms with Gasteiger partial charge in [-0.05, 0) is 54.2 Å². The van der Waals surface area contributed by atoms with Crippen molar-refractivity contribution in [3.8, 4) is 16.9 Å². The maximum absolute atomic E-state index is 9.38. The van der Waals surface area contributed by atoms with Crippen molar-refractivity contribution in [2.75, 3.05) is 0 Å². The average molecular weight is 296 g/mol. The van der Waals surface area contributed by atoms with Crippen molar-refractivity contribution in [1.29, 1.82) is 0 Å². The van der Waals surface area contributed by atoms with Crippen LogP contribution in [0.15, 0.2) is 42.5 Å². The molecule has 0 saturated heterocycles. The Morgan fingerprint density at radius 2 is 1.41 bits per heavy atom. The average Bonchev–Trinajstić information content (AvgIpc) is 2.53. The second-order valence-electron chi connectivity index (χ2n) is 6.21. The molecule has 0 aromatic heterocycles. The summed E-state index contributed by atoms with van der Waals surface area (Å²) < 4.78 is 0. The molecule has 2 aromatic carbocycles. The van der Waals surface area contributed by atoms with Crippen molar-refractivity contribution < 1.29 is 5.11 Å². The van der Waals surface area contributed by atoms with Gasteiger partial charge in [0, 0.05) is 0 Å². The molecule has 0 aliphatic rings. The van der Waals surface area contributed by atoms with E-state index < -0.39 is 0 Å². The number of hydrogen-bond acceptors (Lipinski definition) is 1. The van der Waals surface area contributed by atoms with E-state index in [-0.39, 0.29) is 0 Å². The number of unbranched alkanes of at least 4 members (excludes halogenated alkanes) is 5. The standard InChI is InChI=1S/C21H28O/c1-3-4-5-6-7-8-9-18-10-11-20(16-17(18)2)19-12-14-21(22)15-13-19/h10-16,22H,3-9H2,1-2H3. The van der Waals surface area contributed by atoms with Gasteiger partial charge in [0.2, 0.25) is 0 Å². The van der Waals surface area contributed by atoms with Crippen LogP contribution < -0.4 is 0 Å². The molecule has 118 valence electrons. The second kappa shape index (κ2) is 8.63. The zero-order chi connectivity index (χ0) is 15.8. The summed E-state index contributed by atoms with van der Waals surface area (Å²) in [6.45, 7) is 4.47. The Labute approximate surface area is 135 Å². The molecule has 1 heteroatoms. The SMILES string of the molecule is CCCCCCCCc1ccc(-c2ccc(O)cc2)cc1C. The highest BCUT2D eigenvalue weighted by molar-refractivity contribution is 5.65. The molecule has 1 nitrogen and oxygen atoms in total. The van der Waals surface area contributed by atoms with Crippen LogP contribution in [0.2, 0.25) is 0 Å². The molecule has 0 fully saturated rings. The summed E-state index contributed by atoms with van der Waals surface area (Å²) in [4.78, 5) is 0. The third-order valence-electron chi connectivity index (χ3n) is 4.34. The van der Waals surface area contributed by atoms with Crippen molar-refractivity contribution >= 4 is 0 Å². The number of benzene rings is 2. The van der Waals surface area contributed by atoms with E-state index in [0.29, 0.717) is 5.75 Å². The van der Waals surface area contributed by atoms with Crippen molar-refractivity contribution in [1.82, 2.24) is 0 Å². The highest BCUT2D eigenvalue weighted by Gasteiger charge is 2.03. The first-order valence-corrected chi connectivity index (χ1v) is 8.59. The van der Waals surface area contributed by atoms with Crippen LogP contribution in [0.3, 0.4) is 0 Å². The molecule has 2 rings (SSSR count). The Morgan fingerprint density at radius 1 is 0.773 bits per heavy atom. The van der Waals surface area contributed by atoms with Gasteiger partial charge in [-0.3, -0.25) is 0 Å². The topological polar surface area (TPSA) is 20.2 Å². The van der Waals surface area contributed by atoms with E-state index in [1.807, 2.05) is 12.1 Å². The van der Waals surface area contributed by atoms with Crippen molar-refractivity contribution in [2.24, 2.45) is 0 Å². The number of phenolic OH excluding ortho intramolecular Hbond substituents is 1. The molecule has 0 atom stereocenters. The summed E-state index contributed by atoms with van der Waals surface area (Å²) in [5, 5.41) is 9.38. The van der Waals surface area contributed by atoms with Gasteiger partial charge in [-0.15, -0.1) is 0 Å². The zero-order valence-corrected chi connectivity index (χ0v) is 13.9. The van der Waals surface area contributed by atoms with Crippen LogP contribution in [-0.2, 0) is 6.42 Å². The maximum Gasteiger partial charge on any atom is 0.115 e. The highest BCUT2D eigenvalue weighted by Crippen LogP contribution is 2.25. The maximum atomic E-state index is 9.38. The van der Waals surface area contributed by atoms with Crippen LogP contribution in [0.25, 0.3) is 11.1 Å². The summed E-state index contributed by atoms with van der Waals surface area (Å²) in [5.74, 6) is 0.320. The molecule has 0 aliphatic carbocycles. The van der Waals surface area contributed by atoms with E-state index in [9.17, 15) is 5.11 Å². The van der Waals surface area contributed by atoms with Gasteiger partial charge >= 0.3 is 0 Å². The zero-order valence-electron chi connectivity index (χ0n) is 13.9. The fraction of sp³-hybridized carbons (Fsp3) is 0.429. The molecule has 0 amide bonds. The van der Waals surface area contributed by atoms with Gasteiger partial charge in [0.15, 0.2) is 0 Å². The Kier molecular flexibility index (Phi) is 6.51. The Bertz CT molecular complexity index is 569. The Hall–Kier alpha value is -1.76. The molecule has 0 saturated carbocycles. The summed E-state index contributed by atoms with van der Waals surface area (Å²) in [5.41, 5.74) is 5.23. The molecular formula is C21H28O. The van der Waals surface area contributed by atoms with Crippen molar-refractivity contribution in [3.63, 3.8) is 0 Å². The number of aromatic hydroxyl groups is 1. The largest absolute Gasteiger partial charge is 0.508 e. The normalized spacial score (nSPS) is 10.8. The fourth-order valence-corrected chi connectivity index (χ4v) is 2.91. The lowest BCUT2D eigenvalue weighted by Crippen LogP contribution is -1.91.